The third kappa shape index (κ3) is 8.37. The first-order valence-corrected chi connectivity index (χ1v) is 16.1. The zero-order valence-corrected chi connectivity index (χ0v) is 25.7. The van der Waals surface area contributed by atoms with E-state index in [1.165, 1.54) is 0 Å². The Balaban J connectivity index is 1.10. The van der Waals surface area contributed by atoms with E-state index in [4.69, 9.17) is 4.74 Å². The van der Waals surface area contributed by atoms with Gasteiger partial charge in [-0.3, -0.25) is 9.59 Å². The fourth-order valence-corrected chi connectivity index (χ4v) is 6.29. The van der Waals surface area contributed by atoms with Crippen molar-refractivity contribution in [2.24, 2.45) is 5.92 Å². The molecule has 0 saturated carbocycles. The van der Waals surface area contributed by atoms with Gasteiger partial charge < -0.3 is 24.5 Å². The monoisotopic (exact) mass is 604 g/mol. The largest absolute Gasteiger partial charge is 0.448 e. The van der Waals surface area contributed by atoms with Gasteiger partial charge in [0.25, 0.3) is 0 Å². The zero-order valence-electron chi connectivity index (χ0n) is 25.7. The summed E-state index contributed by atoms with van der Waals surface area (Å²) in [5.74, 6) is 0.305. The molecule has 3 aliphatic rings. The number of aliphatic hydroxyl groups is 1. The van der Waals surface area contributed by atoms with Gasteiger partial charge in [-0.1, -0.05) is 48.5 Å². The van der Waals surface area contributed by atoms with Crippen LogP contribution < -0.4 is 5.01 Å². The summed E-state index contributed by atoms with van der Waals surface area (Å²) < 4.78 is 5.78. The molecule has 0 bridgehead atoms. The topological polar surface area (TPSA) is 96.9 Å². The first-order valence-electron chi connectivity index (χ1n) is 16.1. The van der Waals surface area contributed by atoms with Crippen LogP contribution in [0.3, 0.4) is 0 Å². The average molecular weight is 605 g/mol. The van der Waals surface area contributed by atoms with Crippen molar-refractivity contribution in [2.45, 2.75) is 38.5 Å². The normalized spacial score (nSPS) is 18.9. The molecule has 237 valence electrons. The number of anilines is 1. The highest BCUT2D eigenvalue weighted by atomic mass is 16.6. The van der Waals surface area contributed by atoms with Crippen LogP contribution in [0, 0.1) is 12.3 Å². The number of carbonyl (C=O) groups is 3. The lowest BCUT2D eigenvalue weighted by atomic mass is 9.98. The Morgan fingerprint density at radius 3 is 2.14 bits per heavy atom. The van der Waals surface area contributed by atoms with Crippen molar-refractivity contribution in [1.29, 1.82) is 0 Å². The number of aliphatic hydroxyl groups excluding tert-OH is 1. The molecule has 10 heteroatoms. The van der Waals surface area contributed by atoms with Crippen molar-refractivity contribution in [3.8, 4) is 11.1 Å². The maximum atomic E-state index is 13.6. The number of benzene rings is 2. The summed E-state index contributed by atoms with van der Waals surface area (Å²) in [4.78, 5) is 44.9. The molecule has 10 nitrogen and oxygen atoms in total. The van der Waals surface area contributed by atoms with Gasteiger partial charge in [-0.05, 0) is 82.1 Å². The minimum Gasteiger partial charge on any atom is -0.448 e. The fourth-order valence-electron chi connectivity index (χ4n) is 6.29. The summed E-state index contributed by atoms with van der Waals surface area (Å²) in [5.41, 5.74) is 2.75. The van der Waals surface area contributed by atoms with E-state index >= 15 is 0 Å². The summed E-state index contributed by atoms with van der Waals surface area (Å²) in [7, 11) is 0. The molecule has 0 atom stereocenters. The van der Waals surface area contributed by atoms with Gasteiger partial charge in [0.2, 0.25) is 11.8 Å². The number of piperidine rings is 2. The molecule has 3 amide bonds. The number of piperazine rings is 1. The Kier molecular flexibility index (Phi) is 11.6. The van der Waals surface area contributed by atoms with E-state index in [-0.39, 0.29) is 38.1 Å². The van der Waals surface area contributed by atoms with Crippen molar-refractivity contribution in [3.63, 3.8) is 0 Å². The van der Waals surface area contributed by atoms with E-state index in [9.17, 15) is 19.5 Å². The third-order valence-corrected chi connectivity index (χ3v) is 8.88. The van der Waals surface area contributed by atoms with Gasteiger partial charge >= 0.3 is 6.09 Å². The molecule has 0 spiro atoms. The molecular formula is C34H46N5O5. The van der Waals surface area contributed by atoms with Crippen LogP contribution in [-0.4, -0.2) is 115 Å². The number of likely N-dealkylation sites (tertiary alicyclic amines) is 1. The Morgan fingerprint density at radius 2 is 1.45 bits per heavy atom. The Hall–Kier alpha value is -3.47. The van der Waals surface area contributed by atoms with Crippen LogP contribution in [0.15, 0.2) is 54.6 Å². The predicted molar refractivity (Wildman–Crippen MR) is 169 cm³/mol. The molecule has 3 fully saturated rings. The molecule has 2 aromatic carbocycles. The van der Waals surface area contributed by atoms with Crippen molar-refractivity contribution in [1.82, 2.24) is 19.7 Å². The lowest BCUT2D eigenvalue weighted by Crippen LogP contribution is -2.54. The first-order chi connectivity index (χ1) is 21.5. The SMILES string of the molecule is O=C1CN(CCCN2CCC(CO)CC2)C(=O)CN1CCCOC(=O)N(c1ccccc1-c1ccccc1)N1CC[CH]CC1. The van der Waals surface area contributed by atoms with Crippen molar-refractivity contribution < 1.29 is 24.2 Å². The van der Waals surface area contributed by atoms with Gasteiger partial charge in [0.1, 0.15) is 0 Å². The Bertz CT molecular complexity index is 1230. The average Bonchev–Trinajstić information content (AvgIpc) is 3.06. The molecular weight excluding hydrogens is 558 g/mol. The molecule has 3 aliphatic heterocycles. The molecule has 5 rings (SSSR count). The molecule has 44 heavy (non-hydrogen) atoms. The van der Waals surface area contributed by atoms with Gasteiger partial charge in [-0.15, -0.1) is 0 Å². The van der Waals surface area contributed by atoms with Crippen LogP contribution in [0.1, 0.15) is 38.5 Å². The van der Waals surface area contributed by atoms with E-state index in [0.717, 1.165) is 81.6 Å². The second kappa shape index (κ2) is 16.0. The number of carbonyl (C=O) groups excluding carboxylic acids is 3. The number of hydrazine groups is 1. The van der Waals surface area contributed by atoms with E-state index in [1.807, 2.05) is 59.6 Å². The number of nitrogens with zero attached hydrogens (tertiary/aromatic N) is 5. The van der Waals surface area contributed by atoms with Crippen LogP contribution in [0.4, 0.5) is 10.5 Å². The molecule has 0 unspecified atom stereocenters. The number of ether oxygens (including phenoxy) is 1. The van der Waals surface area contributed by atoms with Gasteiger partial charge in [-0.25, -0.2) is 14.8 Å². The number of para-hydroxylation sites is 1. The number of rotatable bonds is 12. The second-order valence-corrected chi connectivity index (χ2v) is 11.9. The molecule has 2 aromatic rings. The van der Waals surface area contributed by atoms with E-state index in [2.05, 4.69) is 11.3 Å². The smallest absolute Gasteiger partial charge is 0.429 e. The second-order valence-electron chi connectivity index (χ2n) is 11.9. The lowest BCUT2D eigenvalue weighted by molar-refractivity contribution is -0.150. The van der Waals surface area contributed by atoms with E-state index in [0.29, 0.717) is 25.4 Å². The van der Waals surface area contributed by atoms with Crippen LogP contribution in [0.25, 0.3) is 11.1 Å². The predicted octanol–water partition coefficient (Wildman–Crippen LogP) is 3.67. The quantitative estimate of drug-likeness (QED) is 0.370. The summed E-state index contributed by atoms with van der Waals surface area (Å²) in [6, 6.07) is 17.9. The first kappa shape index (κ1) is 31.9. The van der Waals surface area contributed by atoms with Crippen molar-refractivity contribution >= 4 is 23.6 Å². The Morgan fingerprint density at radius 1 is 0.818 bits per heavy atom. The molecule has 0 aromatic heterocycles. The van der Waals surface area contributed by atoms with Gasteiger partial charge in [-0.2, -0.15) is 0 Å². The summed E-state index contributed by atoms with van der Waals surface area (Å²) in [6.45, 7) is 5.81. The molecule has 3 saturated heterocycles. The highest BCUT2D eigenvalue weighted by Gasteiger charge is 2.31. The van der Waals surface area contributed by atoms with Crippen LogP contribution >= 0.6 is 0 Å². The highest BCUT2D eigenvalue weighted by Crippen LogP contribution is 2.33. The van der Waals surface area contributed by atoms with Gasteiger partial charge in [0.15, 0.2) is 0 Å². The highest BCUT2D eigenvalue weighted by molar-refractivity contribution is 5.93. The van der Waals surface area contributed by atoms with Gasteiger partial charge in [0, 0.05) is 38.3 Å². The summed E-state index contributed by atoms with van der Waals surface area (Å²) in [6.07, 6.45) is 6.89. The minimum absolute atomic E-state index is 0.0359. The third-order valence-electron chi connectivity index (χ3n) is 8.88. The molecule has 1 radical (unpaired) electrons. The van der Waals surface area contributed by atoms with E-state index in [1.54, 1.807) is 14.8 Å². The number of hydrogen-bond acceptors (Lipinski definition) is 7. The number of hydrogen-bond donors (Lipinski definition) is 1. The van der Waals surface area contributed by atoms with E-state index < -0.39 is 6.09 Å². The van der Waals surface area contributed by atoms with Crippen molar-refractivity contribution in [3.05, 3.63) is 61.0 Å². The van der Waals surface area contributed by atoms with Crippen molar-refractivity contribution in [2.75, 3.05) is 77.1 Å². The molecule has 1 N–H and O–H groups in total. The van der Waals surface area contributed by atoms with Gasteiger partial charge in [0.05, 0.1) is 25.4 Å². The van der Waals surface area contributed by atoms with Crippen LogP contribution in [0.5, 0.6) is 0 Å². The lowest BCUT2D eigenvalue weighted by Gasteiger charge is -2.37. The fraction of sp³-hybridized carbons (Fsp3) is 0.529. The maximum Gasteiger partial charge on any atom is 0.429 e. The standard InChI is InChI=1S/C34H46N5O5/c40-27-28-15-22-35(23-16-28)17-9-18-36-25-33(42)37(26-32(36)41)19-10-24-44-34(43)39(38-20-7-2-8-21-38)31-14-6-5-13-30(31)29-11-3-1-4-12-29/h1-6,11-14,28,40H,7-10,15-27H2. The zero-order chi connectivity index (χ0) is 30.7. The summed E-state index contributed by atoms with van der Waals surface area (Å²) in [5, 5.41) is 13.0. The molecule has 3 heterocycles. The maximum absolute atomic E-state index is 13.6. The minimum atomic E-state index is -0.442. The Labute approximate surface area is 261 Å². The summed E-state index contributed by atoms with van der Waals surface area (Å²) >= 11 is 0. The number of amides is 3. The van der Waals surface area contributed by atoms with Crippen LogP contribution in [-0.2, 0) is 14.3 Å². The van der Waals surface area contributed by atoms with Crippen LogP contribution in [0.2, 0.25) is 0 Å². The molecule has 0 aliphatic carbocycles.